The highest BCUT2D eigenvalue weighted by molar-refractivity contribution is 6.76. The molecule has 109 valence electrons. The summed E-state index contributed by atoms with van der Waals surface area (Å²) in [5.41, 5.74) is 0. The summed E-state index contributed by atoms with van der Waals surface area (Å²) in [6.45, 7) is 11.3. The van der Waals surface area contributed by atoms with Crippen LogP contribution in [0.3, 0.4) is 0 Å². The highest BCUT2D eigenvalue weighted by Gasteiger charge is 2.11. The second-order valence-electron chi connectivity index (χ2n) is 7.05. The van der Waals surface area contributed by atoms with E-state index in [9.17, 15) is 0 Å². The van der Waals surface area contributed by atoms with Crippen molar-refractivity contribution in [3.63, 3.8) is 0 Å². The molecule has 0 amide bonds. The number of rotatable bonds is 13. The van der Waals surface area contributed by atoms with E-state index >= 15 is 0 Å². The molecule has 0 atom stereocenters. The summed E-state index contributed by atoms with van der Waals surface area (Å²) in [6.07, 6.45) is 17.1. The van der Waals surface area contributed by atoms with Crippen molar-refractivity contribution in [2.75, 3.05) is 0 Å². The molecule has 0 aromatic carbocycles. The largest absolute Gasteiger partial charge is 0.0695 e. The molecule has 0 aliphatic heterocycles. The Labute approximate surface area is 118 Å². The van der Waals surface area contributed by atoms with Crippen LogP contribution in [-0.4, -0.2) is 8.07 Å². The molecular formula is C17H37Si. The molecule has 0 rings (SSSR count). The first kappa shape index (κ1) is 18.2. The van der Waals surface area contributed by atoms with Gasteiger partial charge in [0.1, 0.15) is 0 Å². The minimum Gasteiger partial charge on any atom is -0.0695 e. The van der Waals surface area contributed by atoms with Crippen molar-refractivity contribution in [1.82, 2.24) is 0 Å². The van der Waals surface area contributed by atoms with Crippen molar-refractivity contribution in [1.29, 1.82) is 0 Å². The standard InChI is InChI=1S/C17H37Si/c1-5-6-7-8-9-10-11-12-13-14-15-16-17-18(2,3)4/h1,5-17H2,2-4H3. The third-order valence-electron chi connectivity index (χ3n) is 3.68. The zero-order valence-electron chi connectivity index (χ0n) is 13.4. The van der Waals surface area contributed by atoms with Crippen LogP contribution >= 0.6 is 0 Å². The molecule has 0 fully saturated rings. The van der Waals surface area contributed by atoms with Crippen molar-refractivity contribution < 1.29 is 0 Å². The van der Waals surface area contributed by atoms with Crippen LogP contribution in [-0.2, 0) is 0 Å². The quantitative estimate of drug-likeness (QED) is 0.254. The second-order valence-corrected chi connectivity index (χ2v) is 12.7. The van der Waals surface area contributed by atoms with Crippen molar-refractivity contribution in [3.05, 3.63) is 6.92 Å². The molecule has 0 aromatic rings. The average Bonchev–Trinajstić information content (AvgIpc) is 2.29. The first-order chi connectivity index (χ1) is 8.56. The lowest BCUT2D eigenvalue weighted by molar-refractivity contribution is 0.550. The van der Waals surface area contributed by atoms with E-state index in [-0.39, 0.29) is 0 Å². The molecule has 0 aromatic heterocycles. The minimum atomic E-state index is -0.759. The monoisotopic (exact) mass is 269 g/mol. The topological polar surface area (TPSA) is 0 Å². The van der Waals surface area contributed by atoms with E-state index in [2.05, 4.69) is 26.6 Å². The molecule has 0 bridgehead atoms. The Balaban J connectivity index is 2.99. The fourth-order valence-electron chi connectivity index (χ4n) is 2.42. The number of unbranched alkanes of at least 4 members (excludes halogenated alkanes) is 11. The van der Waals surface area contributed by atoms with Gasteiger partial charge in [-0.15, -0.1) is 0 Å². The van der Waals surface area contributed by atoms with E-state index in [0.29, 0.717) is 0 Å². The second kappa shape index (κ2) is 12.3. The Morgan fingerprint density at radius 1 is 0.556 bits per heavy atom. The fourth-order valence-corrected chi connectivity index (χ4v) is 3.73. The molecule has 1 radical (unpaired) electrons. The van der Waals surface area contributed by atoms with Gasteiger partial charge < -0.3 is 0 Å². The van der Waals surface area contributed by atoms with Crippen LogP contribution in [0.25, 0.3) is 0 Å². The SMILES string of the molecule is [CH2]CCCCCCCCCCCCC[Si](C)(C)C. The van der Waals surface area contributed by atoms with Crippen molar-refractivity contribution in [3.8, 4) is 0 Å². The van der Waals surface area contributed by atoms with E-state index in [1.807, 2.05) is 0 Å². The smallest absolute Gasteiger partial charge is 0.0442 e. The zero-order chi connectivity index (χ0) is 13.7. The maximum atomic E-state index is 3.89. The van der Waals surface area contributed by atoms with Gasteiger partial charge in [0, 0.05) is 8.07 Å². The molecule has 0 nitrogen and oxygen atoms in total. The molecule has 0 aliphatic carbocycles. The highest BCUT2D eigenvalue weighted by Crippen LogP contribution is 2.16. The summed E-state index contributed by atoms with van der Waals surface area (Å²) >= 11 is 0. The lowest BCUT2D eigenvalue weighted by Gasteiger charge is -2.14. The van der Waals surface area contributed by atoms with Crippen LogP contribution in [0.5, 0.6) is 0 Å². The Morgan fingerprint density at radius 3 is 1.22 bits per heavy atom. The third kappa shape index (κ3) is 16.2. The maximum absolute atomic E-state index is 3.89. The normalized spacial score (nSPS) is 12.0. The molecule has 0 unspecified atom stereocenters. The fraction of sp³-hybridized carbons (Fsp3) is 0.941. The number of hydrogen-bond donors (Lipinski definition) is 0. The molecule has 0 saturated heterocycles. The van der Waals surface area contributed by atoms with Gasteiger partial charge in [-0.3, -0.25) is 0 Å². The van der Waals surface area contributed by atoms with Crippen LogP contribution in [0.1, 0.15) is 77.0 Å². The van der Waals surface area contributed by atoms with Gasteiger partial charge in [0.2, 0.25) is 0 Å². The molecule has 0 aliphatic rings. The summed E-state index contributed by atoms with van der Waals surface area (Å²) < 4.78 is 0. The van der Waals surface area contributed by atoms with E-state index < -0.39 is 8.07 Å². The molecule has 0 N–H and O–H groups in total. The predicted molar refractivity (Wildman–Crippen MR) is 88.9 cm³/mol. The Bertz CT molecular complexity index is 157. The van der Waals surface area contributed by atoms with E-state index in [0.717, 1.165) is 6.42 Å². The predicted octanol–water partition coefficient (Wildman–Crippen LogP) is 6.84. The molecule has 1 heteroatoms. The first-order valence-electron chi connectivity index (χ1n) is 8.35. The van der Waals surface area contributed by atoms with Gasteiger partial charge in [-0.05, 0) is 0 Å². The molecule has 0 heterocycles. The number of hydrogen-bond acceptors (Lipinski definition) is 0. The van der Waals surface area contributed by atoms with Crippen LogP contribution in [0, 0.1) is 6.92 Å². The van der Waals surface area contributed by atoms with Gasteiger partial charge in [0.15, 0.2) is 0 Å². The highest BCUT2D eigenvalue weighted by atomic mass is 28.3. The van der Waals surface area contributed by atoms with E-state index in [1.54, 1.807) is 0 Å². The summed E-state index contributed by atoms with van der Waals surface area (Å²) in [5.74, 6) is 0. The van der Waals surface area contributed by atoms with Gasteiger partial charge in [-0.25, -0.2) is 0 Å². The van der Waals surface area contributed by atoms with Gasteiger partial charge in [-0.1, -0.05) is 110 Å². The maximum Gasteiger partial charge on any atom is 0.0442 e. The van der Waals surface area contributed by atoms with Gasteiger partial charge in [-0.2, -0.15) is 0 Å². The minimum absolute atomic E-state index is 0.759. The van der Waals surface area contributed by atoms with Crippen molar-refractivity contribution in [2.45, 2.75) is 103 Å². The molecule has 0 spiro atoms. The summed E-state index contributed by atoms with van der Waals surface area (Å²) in [6, 6.07) is 1.53. The van der Waals surface area contributed by atoms with Gasteiger partial charge in [0.25, 0.3) is 0 Å². The molecular weight excluding hydrogens is 232 g/mol. The molecule has 0 saturated carbocycles. The van der Waals surface area contributed by atoms with Crippen molar-refractivity contribution in [2.24, 2.45) is 0 Å². The Morgan fingerprint density at radius 2 is 0.889 bits per heavy atom. The summed E-state index contributed by atoms with van der Waals surface area (Å²) in [4.78, 5) is 0. The zero-order valence-corrected chi connectivity index (χ0v) is 14.4. The lowest BCUT2D eigenvalue weighted by atomic mass is 10.1. The Kier molecular flexibility index (Phi) is 12.4. The van der Waals surface area contributed by atoms with Crippen molar-refractivity contribution >= 4 is 8.07 Å². The first-order valence-corrected chi connectivity index (χ1v) is 12.1. The van der Waals surface area contributed by atoms with Gasteiger partial charge in [0.05, 0.1) is 0 Å². The lowest BCUT2D eigenvalue weighted by Crippen LogP contribution is -2.18. The van der Waals surface area contributed by atoms with Gasteiger partial charge >= 0.3 is 0 Å². The summed E-state index contributed by atoms with van der Waals surface area (Å²) in [7, 11) is -0.759. The Hall–Kier alpha value is 0.217. The van der Waals surface area contributed by atoms with E-state index in [1.165, 1.54) is 76.7 Å². The van der Waals surface area contributed by atoms with E-state index in [4.69, 9.17) is 0 Å². The van der Waals surface area contributed by atoms with Crippen LogP contribution < -0.4 is 0 Å². The molecule has 18 heavy (non-hydrogen) atoms. The van der Waals surface area contributed by atoms with Crippen LogP contribution in [0.2, 0.25) is 25.7 Å². The summed E-state index contributed by atoms with van der Waals surface area (Å²) in [5, 5.41) is 0. The van der Waals surface area contributed by atoms with Crippen LogP contribution in [0.15, 0.2) is 0 Å². The average molecular weight is 270 g/mol. The third-order valence-corrected chi connectivity index (χ3v) is 5.53. The van der Waals surface area contributed by atoms with Crippen LogP contribution in [0.4, 0.5) is 0 Å².